The third kappa shape index (κ3) is 4.54. The maximum atomic E-state index is 12.3. The predicted octanol–water partition coefficient (Wildman–Crippen LogP) is 0.553. The van der Waals surface area contributed by atoms with Crippen molar-refractivity contribution in [2.75, 3.05) is 31.6 Å². The Labute approximate surface area is 147 Å². The van der Waals surface area contributed by atoms with Gasteiger partial charge in [-0.2, -0.15) is 5.10 Å². The molecule has 0 saturated carbocycles. The third-order valence-electron chi connectivity index (χ3n) is 4.51. The normalized spacial score (nSPS) is 20.0. The molecule has 0 radical (unpaired) electrons. The van der Waals surface area contributed by atoms with E-state index >= 15 is 0 Å². The number of carbonyl (C=O) groups is 1. The molecule has 0 aromatic carbocycles. The summed E-state index contributed by atoms with van der Waals surface area (Å²) >= 11 is 0. The van der Waals surface area contributed by atoms with Crippen LogP contribution in [-0.4, -0.2) is 67.9 Å². The molecule has 2 aromatic heterocycles. The largest absolute Gasteiger partial charge is 0.386 e. The molecule has 1 saturated heterocycles. The van der Waals surface area contributed by atoms with Crippen LogP contribution in [0.3, 0.4) is 0 Å². The Hall–Kier alpha value is -2.48. The Morgan fingerprint density at radius 2 is 2.32 bits per heavy atom. The minimum atomic E-state index is -0.895. The number of hydrogen-bond donors (Lipinski definition) is 1. The van der Waals surface area contributed by atoms with E-state index in [9.17, 15) is 9.90 Å². The maximum Gasteiger partial charge on any atom is 0.222 e. The number of anilines is 1. The first-order valence-electron chi connectivity index (χ1n) is 8.50. The predicted molar refractivity (Wildman–Crippen MR) is 92.9 cm³/mol. The molecular weight excluding hydrogens is 320 g/mol. The molecule has 1 aliphatic heterocycles. The van der Waals surface area contributed by atoms with Gasteiger partial charge in [0.25, 0.3) is 0 Å². The average molecular weight is 344 g/mol. The number of aromatic nitrogens is 4. The van der Waals surface area contributed by atoms with E-state index in [1.54, 1.807) is 29.2 Å². The topological polar surface area (TPSA) is 87.4 Å². The SMILES string of the molecule is CN(CC1(O)CCN(c2ccccn2)C1)C(=O)CCCn1cncn1. The van der Waals surface area contributed by atoms with Crippen LogP contribution in [0.2, 0.25) is 0 Å². The number of hydrogen-bond acceptors (Lipinski definition) is 6. The number of aryl methyl sites for hydroxylation is 1. The number of amides is 1. The number of pyridine rings is 1. The van der Waals surface area contributed by atoms with E-state index < -0.39 is 5.60 Å². The zero-order chi connectivity index (χ0) is 17.7. The zero-order valence-electron chi connectivity index (χ0n) is 14.5. The van der Waals surface area contributed by atoms with Crippen molar-refractivity contribution in [1.29, 1.82) is 0 Å². The number of likely N-dealkylation sites (N-methyl/N-ethyl adjacent to an activating group) is 1. The van der Waals surface area contributed by atoms with Gasteiger partial charge in [0.2, 0.25) is 5.91 Å². The molecule has 8 nitrogen and oxygen atoms in total. The van der Waals surface area contributed by atoms with Crippen LogP contribution in [0.25, 0.3) is 0 Å². The molecule has 8 heteroatoms. The lowest BCUT2D eigenvalue weighted by Gasteiger charge is -2.29. The minimum absolute atomic E-state index is 0.0322. The van der Waals surface area contributed by atoms with Gasteiger partial charge >= 0.3 is 0 Å². The zero-order valence-corrected chi connectivity index (χ0v) is 14.5. The monoisotopic (exact) mass is 344 g/mol. The number of β-amino-alcohol motifs (C(OH)–C–C–N with tert-alkyl or cyclic N) is 1. The van der Waals surface area contributed by atoms with Gasteiger partial charge in [-0.3, -0.25) is 9.48 Å². The van der Waals surface area contributed by atoms with Gasteiger partial charge < -0.3 is 14.9 Å². The van der Waals surface area contributed by atoms with Crippen LogP contribution in [0.5, 0.6) is 0 Å². The third-order valence-corrected chi connectivity index (χ3v) is 4.51. The highest BCUT2D eigenvalue weighted by Crippen LogP contribution is 2.26. The lowest BCUT2D eigenvalue weighted by atomic mass is 10.0. The highest BCUT2D eigenvalue weighted by Gasteiger charge is 2.38. The van der Waals surface area contributed by atoms with Gasteiger partial charge in [-0.15, -0.1) is 0 Å². The second kappa shape index (κ2) is 7.60. The van der Waals surface area contributed by atoms with Crippen molar-refractivity contribution in [1.82, 2.24) is 24.6 Å². The summed E-state index contributed by atoms with van der Waals surface area (Å²) in [6, 6.07) is 5.74. The van der Waals surface area contributed by atoms with Crippen LogP contribution in [0.15, 0.2) is 37.1 Å². The molecule has 1 fully saturated rings. The molecule has 2 aromatic rings. The number of rotatable bonds is 7. The summed E-state index contributed by atoms with van der Waals surface area (Å²) in [5, 5.41) is 14.9. The summed E-state index contributed by atoms with van der Waals surface area (Å²) in [5.41, 5.74) is -0.895. The van der Waals surface area contributed by atoms with Crippen LogP contribution in [0, 0.1) is 0 Å². The van der Waals surface area contributed by atoms with Crippen molar-refractivity contribution < 1.29 is 9.90 Å². The second-order valence-electron chi connectivity index (χ2n) is 6.60. The molecule has 3 heterocycles. The molecule has 0 aliphatic carbocycles. The van der Waals surface area contributed by atoms with Crippen LogP contribution < -0.4 is 4.90 Å². The van der Waals surface area contributed by atoms with E-state index in [2.05, 4.69) is 20.0 Å². The fourth-order valence-electron chi connectivity index (χ4n) is 3.18. The first kappa shape index (κ1) is 17.3. The first-order valence-corrected chi connectivity index (χ1v) is 8.50. The molecule has 3 rings (SSSR count). The van der Waals surface area contributed by atoms with Crippen molar-refractivity contribution in [3.63, 3.8) is 0 Å². The molecular formula is C17H24N6O2. The first-order chi connectivity index (χ1) is 12.1. The smallest absolute Gasteiger partial charge is 0.222 e. The van der Waals surface area contributed by atoms with Gasteiger partial charge in [-0.05, 0) is 25.0 Å². The highest BCUT2D eigenvalue weighted by molar-refractivity contribution is 5.75. The summed E-state index contributed by atoms with van der Waals surface area (Å²) in [6.45, 7) is 2.22. The standard InChI is InChI=1S/C17H24N6O2/c1-21(16(24)6-4-9-23-14-18-13-20-23)11-17(25)7-10-22(12-17)15-5-2-3-8-19-15/h2-3,5,8,13-14,25H,4,6-7,9-12H2,1H3. The van der Waals surface area contributed by atoms with E-state index in [0.29, 0.717) is 38.9 Å². The van der Waals surface area contributed by atoms with E-state index in [4.69, 9.17) is 0 Å². The molecule has 134 valence electrons. The molecule has 1 unspecified atom stereocenters. The van der Waals surface area contributed by atoms with Gasteiger partial charge in [0, 0.05) is 39.3 Å². The Morgan fingerprint density at radius 1 is 1.44 bits per heavy atom. The lowest BCUT2D eigenvalue weighted by Crippen LogP contribution is -2.45. The maximum absolute atomic E-state index is 12.3. The van der Waals surface area contributed by atoms with Crippen molar-refractivity contribution in [3.8, 4) is 0 Å². The van der Waals surface area contributed by atoms with Gasteiger partial charge in [-0.1, -0.05) is 6.07 Å². The molecule has 0 bridgehead atoms. The summed E-state index contributed by atoms with van der Waals surface area (Å²) in [4.78, 5) is 24.2. The lowest BCUT2D eigenvalue weighted by molar-refractivity contribution is -0.133. The van der Waals surface area contributed by atoms with Crippen LogP contribution in [0.1, 0.15) is 19.3 Å². The number of carbonyl (C=O) groups excluding carboxylic acids is 1. The van der Waals surface area contributed by atoms with Crippen LogP contribution in [0.4, 0.5) is 5.82 Å². The van der Waals surface area contributed by atoms with E-state index in [1.165, 1.54) is 6.33 Å². The number of aliphatic hydroxyl groups is 1. The fourth-order valence-corrected chi connectivity index (χ4v) is 3.18. The minimum Gasteiger partial charge on any atom is -0.386 e. The Bertz CT molecular complexity index is 678. The molecule has 1 atom stereocenters. The highest BCUT2D eigenvalue weighted by atomic mass is 16.3. The Balaban J connectivity index is 1.46. The van der Waals surface area contributed by atoms with Crippen molar-refractivity contribution >= 4 is 11.7 Å². The summed E-state index contributed by atoms with van der Waals surface area (Å²) in [7, 11) is 1.75. The van der Waals surface area contributed by atoms with E-state index in [1.807, 2.05) is 18.2 Å². The summed E-state index contributed by atoms with van der Waals surface area (Å²) < 4.78 is 1.71. The molecule has 1 N–H and O–H groups in total. The fraction of sp³-hybridized carbons (Fsp3) is 0.529. The van der Waals surface area contributed by atoms with Crippen LogP contribution >= 0.6 is 0 Å². The second-order valence-corrected chi connectivity index (χ2v) is 6.60. The molecule has 1 amide bonds. The van der Waals surface area contributed by atoms with Crippen molar-refractivity contribution in [3.05, 3.63) is 37.1 Å². The Morgan fingerprint density at radius 3 is 3.04 bits per heavy atom. The summed E-state index contributed by atoms with van der Waals surface area (Å²) in [5.74, 6) is 0.894. The van der Waals surface area contributed by atoms with Gasteiger partial charge in [-0.25, -0.2) is 9.97 Å². The number of nitrogens with zero attached hydrogens (tertiary/aromatic N) is 6. The Kier molecular flexibility index (Phi) is 5.28. The van der Waals surface area contributed by atoms with E-state index in [-0.39, 0.29) is 5.91 Å². The summed E-state index contributed by atoms with van der Waals surface area (Å²) in [6.07, 6.45) is 6.62. The quantitative estimate of drug-likeness (QED) is 0.789. The van der Waals surface area contributed by atoms with Gasteiger partial charge in [0.1, 0.15) is 24.1 Å². The van der Waals surface area contributed by atoms with Crippen LogP contribution in [-0.2, 0) is 11.3 Å². The average Bonchev–Trinajstić information content (AvgIpc) is 3.25. The van der Waals surface area contributed by atoms with E-state index in [0.717, 1.165) is 12.4 Å². The van der Waals surface area contributed by atoms with Gasteiger partial charge in [0.15, 0.2) is 0 Å². The molecule has 25 heavy (non-hydrogen) atoms. The van der Waals surface area contributed by atoms with Crippen molar-refractivity contribution in [2.24, 2.45) is 0 Å². The van der Waals surface area contributed by atoms with Gasteiger partial charge in [0.05, 0.1) is 6.54 Å². The molecule has 0 spiro atoms. The molecule has 1 aliphatic rings. The van der Waals surface area contributed by atoms with Crippen molar-refractivity contribution in [2.45, 2.75) is 31.4 Å².